The minimum atomic E-state index is -3.61. The maximum absolute atomic E-state index is 15.0. The number of carbonyl (C=O) groups excluding carboxylic acids is 6. The van der Waals surface area contributed by atoms with Crippen LogP contribution in [0.25, 0.3) is 0 Å². The molecular weight excluding hydrogens is 772 g/mol. The second-order valence-corrected chi connectivity index (χ2v) is 15.3. The summed E-state index contributed by atoms with van der Waals surface area (Å²) in [7, 11) is 2.71. The summed E-state index contributed by atoms with van der Waals surface area (Å²) in [6.45, 7) is -0.178. The topological polar surface area (TPSA) is 196 Å². The molecule has 6 amide bonds. The van der Waals surface area contributed by atoms with Crippen LogP contribution in [0.2, 0.25) is 0 Å². The molecule has 19 heteroatoms. The van der Waals surface area contributed by atoms with Crippen molar-refractivity contribution in [3.8, 4) is 11.5 Å². The molecule has 1 aromatic heterocycles. The van der Waals surface area contributed by atoms with Gasteiger partial charge < -0.3 is 40.1 Å². The Morgan fingerprint density at radius 2 is 1.80 bits per heavy atom. The summed E-state index contributed by atoms with van der Waals surface area (Å²) in [6, 6.07) is 7.75. The Morgan fingerprint density at radius 1 is 1.00 bits per heavy atom. The van der Waals surface area contributed by atoms with E-state index in [2.05, 4.69) is 25.9 Å². The summed E-state index contributed by atoms with van der Waals surface area (Å²) in [5, 5.41) is 8.71. The number of benzene rings is 2. The van der Waals surface area contributed by atoms with Gasteiger partial charge in [-0.25, -0.2) is 4.98 Å². The number of likely N-dealkylation sites (tertiary alicyclic amines) is 1. The molecule has 5 aliphatic rings. The van der Waals surface area contributed by atoms with Crippen LogP contribution in [0, 0.1) is 0 Å². The quantitative estimate of drug-likeness (QED) is 0.254. The third-order valence-corrected chi connectivity index (χ3v) is 11.5. The maximum Gasteiger partial charge on any atom is 0.342 e. The number of fused-ring (bicyclic) bond motifs is 2. The highest BCUT2D eigenvalue weighted by molar-refractivity contribution is 6.24. The van der Waals surface area contributed by atoms with Crippen LogP contribution in [-0.2, 0) is 14.4 Å². The molecule has 2 atom stereocenters. The van der Waals surface area contributed by atoms with Gasteiger partial charge in [0.1, 0.15) is 23.2 Å². The largest absolute Gasteiger partial charge is 0.495 e. The molecule has 3 aromatic rings. The van der Waals surface area contributed by atoms with Gasteiger partial charge in [0, 0.05) is 44.3 Å². The Hall–Kier alpha value is -6.40. The van der Waals surface area contributed by atoms with E-state index in [4.69, 9.17) is 9.47 Å². The molecule has 2 aromatic carbocycles. The molecule has 310 valence electrons. The molecule has 8 rings (SSSR count). The van der Waals surface area contributed by atoms with Gasteiger partial charge in [-0.3, -0.25) is 33.7 Å². The summed E-state index contributed by atoms with van der Waals surface area (Å²) in [6.07, 6.45) is 5.98. The normalized spacial score (nSPS) is 21.6. The lowest BCUT2D eigenvalue weighted by atomic mass is 10.1. The minimum Gasteiger partial charge on any atom is -0.495 e. The van der Waals surface area contributed by atoms with Gasteiger partial charge in [-0.05, 0) is 62.4 Å². The molecule has 0 radical (unpaired) electrons. The van der Waals surface area contributed by atoms with Crippen molar-refractivity contribution in [1.82, 2.24) is 30.4 Å². The number of methoxy groups -OCH3 is 1. The van der Waals surface area contributed by atoms with Crippen molar-refractivity contribution in [1.29, 1.82) is 0 Å². The standard InChI is InChI=1S/C40H43F2N9O8/c1-48-28-18-44-39(47-33(28)50(24-7-3-4-8-24)21-40(41,42)38(48)57)46-26-13-12-22(17-30(26)58-2)34(53)45-23-14-16-49(19-23)31(52)20-59-29-11-5-9-25-32(29)37(56)51(36(25)55)27-10-6-15-43-35(27)54/h5,9,11-13,17-18,23-24,27H,3-4,6-8,10,14-16,19-21H2,1-2H3,(H,43,54)(H,45,53)(H,44,46,47)/t23-,27?/m1/s1. The van der Waals surface area contributed by atoms with Crippen LogP contribution in [0.4, 0.5) is 31.9 Å². The number of piperidine rings is 1. The second kappa shape index (κ2) is 15.7. The monoisotopic (exact) mass is 815 g/mol. The van der Waals surface area contributed by atoms with Gasteiger partial charge in [0.2, 0.25) is 11.9 Å². The number of ether oxygens (including phenoxy) is 2. The van der Waals surface area contributed by atoms with Crippen LogP contribution in [0.15, 0.2) is 42.6 Å². The highest BCUT2D eigenvalue weighted by Crippen LogP contribution is 2.40. The molecule has 17 nitrogen and oxygen atoms in total. The van der Waals surface area contributed by atoms with E-state index in [1.807, 2.05) is 0 Å². The molecule has 3 fully saturated rings. The number of halogens is 2. The average Bonchev–Trinajstić information content (AvgIpc) is 3.99. The summed E-state index contributed by atoms with van der Waals surface area (Å²) in [5.74, 6) is -6.69. The predicted molar refractivity (Wildman–Crippen MR) is 207 cm³/mol. The zero-order chi connectivity index (χ0) is 41.6. The van der Waals surface area contributed by atoms with Gasteiger partial charge in [0.25, 0.3) is 29.5 Å². The Morgan fingerprint density at radius 3 is 2.56 bits per heavy atom. The number of nitrogens with one attached hydrogen (secondary N) is 3. The number of imide groups is 1. The van der Waals surface area contributed by atoms with Crippen molar-refractivity contribution < 1.29 is 47.0 Å². The fourth-order valence-corrected chi connectivity index (χ4v) is 8.44. The van der Waals surface area contributed by atoms with Crippen molar-refractivity contribution in [2.24, 2.45) is 0 Å². The van der Waals surface area contributed by atoms with Crippen LogP contribution in [0.1, 0.15) is 76.0 Å². The molecule has 2 saturated heterocycles. The van der Waals surface area contributed by atoms with Gasteiger partial charge in [-0.2, -0.15) is 13.8 Å². The highest BCUT2D eigenvalue weighted by Gasteiger charge is 2.49. The molecule has 4 aliphatic heterocycles. The van der Waals surface area contributed by atoms with Crippen LogP contribution in [0.3, 0.4) is 0 Å². The first kappa shape index (κ1) is 39.4. The number of nitrogens with zero attached hydrogens (tertiary/aromatic N) is 6. The van der Waals surface area contributed by atoms with E-state index in [0.29, 0.717) is 50.9 Å². The molecule has 1 unspecified atom stereocenters. The first-order valence-corrected chi connectivity index (χ1v) is 19.6. The maximum atomic E-state index is 15.0. The third kappa shape index (κ3) is 7.44. The van der Waals surface area contributed by atoms with Crippen molar-refractivity contribution in [3.63, 3.8) is 0 Å². The molecule has 1 aliphatic carbocycles. The second-order valence-electron chi connectivity index (χ2n) is 15.3. The van der Waals surface area contributed by atoms with E-state index >= 15 is 8.78 Å². The smallest absolute Gasteiger partial charge is 0.342 e. The molecule has 0 bridgehead atoms. The molecule has 3 N–H and O–H groups in total. The van der Waals surface area contributed by atoms with Crippen molar-refractivity contribution in [2.45, 2.75) is 69.0 Å². The zero-order valence-electron chi connectivity index (χ0n) is 32.5. The molecule has 59 heavy (non-hydrogen) atoms. The average molecular weight is 816 g/mol. The summed E-state index contributed by atoms with van der Waals surface area (Å²) >= 11 is 0. The summed E-state index contributed by atoms with van der Waals surface area (Å²) in [5.41, 5.74) is 0.976. The number of amides is 6. The van der Waals surface area contributed by atoms with Crippen molar-refractivity contribution >= 4 is 58.6 Å². The lowest BCUT2D eigenvalue weighted by Gasteiger charge is -2.31. The predicted octanol–water partition coefficient (Wildman–Crippen LogP) is 2.87. The molecular formula is C40H43F2N9O8. The Balaban J connectivity index is 0.889. The van der Waals surface area contributed by atoms with E-state index < -0.39 is 48.7 Å². The third-order valence-electron chi connectivity index (χ3n) is 11.5. The van der Waals surface area contributed by atoms with Crippen LogP contribution in [0.5, 0.6) is 11.5 Å². The number of hydrogen-bond acceptors (Lipinski definition) is 12. The first-order chi connectivity index (χ1) is 28.3. The first-order valence-electron chi connectivity index (χ1n) is 19.6. The van der Waals surface area contributed by atoms with E-state index in [0.717, 1.165) is 22.6 Å². The highest BCUT2D eigenvalue weighted by atomic mass is 19.3. The number of anilines is 4. The summed E-state index contributed by atoms with van der Waals surface area (Å²) in [4.78, 5) is 92.1. The fourth-order valence-electron chi connectivity index (χ4n) is 8.44. The number of aromatic nitrogens is 2. The van der Waals surface area contributed by atoms with E-state index in [1.54, 1.807) is 18.2 Å². The zero-order valence-corrected chi connectivity index (χ0v) is 32.5. The lowest BCUT2D eigenvalue weighted by Crippen LogP contribution is -2.52. The van der Waals surface area contributed by atoms with Gasteiger partial charge in [-0.1, -0.05) is 18.9 Å². The molecule has 1 saturated carbocycles. The van der Waals surface area contributed by atoms with Gasteiger partial charge >= 0.3 is 5.92 Å². The van der Waals surface area contributed by atoms with E-state index in [9.17, 15) is 28.8 Å². The number of rotatable bonds is 10. The van der Waals surface area contributed by atoms with Gasteiger partial charge in [0.05, 0.1) is 36.7 Å². The SMILES string of the molecule is COc1cc(C(=O)N[C@@H]2CCN(C(=O)COc3cccc4c3C(=O)N(C3CCCNC3=O)C4=O)C2)ccc1Nc1ncc2c(n1)N(C1CCCC1)CC(F)(F)C(=O)N2C. The fraction of sp³-hybridized carbons (Fsp3) is 0.450. The number of carbonyl (C=O) groups is 6. The Labute approximate surface area is 337 Å². The Bertz CT molecular complexity index is 2230. The number of alkyl halides is 2. The Kier molecular flexibility index (Phi) is 10.5. The van der Waals surface area contributed by atoms with E-state index in [-0.39, 0.29) is 76.1 Å². The number of hydrogen-bond donors (Lipinski definition) is 3. The van der Waals surface area contributed by atoms with Gasteiger partial charge in [-0.15, -0.1) is 0 Å². The van der Waals surface area contributed by atoms with Crippen molar-refractivity contribution in [2.75, 3.05) is 62.1 Å². The van der Waals surface area contributed by atoms with Crippen LogP contribution in [-0.4, -0.2) is 126 Å². The van der Waals surface area contributed by atoms with Crippen LogP contribution < -0.4 is 35.2 Å². The van der Waals surface area contributed by atoms with Crippen molar-refractivity contribution in [3.05, 3.63) is 59.3 Å². The van der Waals surface area contributed by atoms with Crippen LogP contribution >= 0.6 is 0 Å². The lowest BCUT2D eigenvalue weighted by molar-refractivity contribution is -0.140. The molecule has 0 spiro atoms. The summed E-state index contributed by atoms with van der Waals surface area (Å²) < 4.78 is 41.4. The van der Waals surface area contributed by atoms with E-state index in [1.165, 1.54) is 48.4 Å². The van der Waals surface area contributed by atoms with Gasteiger partial charge in [0.15, 0.2) is 12.4 Å². The molecule has 5 heterocycles. The minimum absolute atomic E-state index is 0.0151.